The molecule has 1 unspecified atom stereocenters. The Kier molecular flexibility index (Phi) is 4.22. The number of hydrogen-bond donors (Lipinski definition) is 1. The van der Waals surface area contributed by atoms with Gasteiger partial charge in [0.1, 0.15) is 0 Å². The maximum atomic E-state index is 4.80. The van der Waals surface area contributed by atoms with Gasteiger partial charge in [-0.1, -0.05) is 12.8 Å². The standard InChI is InChI=1S/C16H23N3S/c1-12-10-20-11-15(12)16(17-2)9-13-7-8-19(18-13)14-5-3-4-6-14/h7-8,10-11,14,16-17H,3-6,9H2,1-2H3. The lowest BCUT2D eigenvalue weighted by molar-refractivity contribution is 0.459. The molecule has 0 aromatic carbocycles. The van der Waals surface area contributed by atoms with Crippen molar-refractivity contribution in [1.82, 2.24) is 15.1 Å². The van der Waals surface area contributed by atoms with E-state index in [9.17, 15) is 0 Å². The first-order valence-corrected chi connectivity index (χ1v) is 8.46. The highest BCUT2D eigenvalue weighted by Crippen LogP contribution is 2.29. The predicted octanol–water partition coefficient (Wildman–Crippen LogP) is 3.87. The van der Waals surface area contributed by atoms with E-state index in [2.05, 4.69) is 39.9 Å². The number of thiophene rings is 1. The molecule has 2 heterocycles. The number of nitrogens with one attached hydrogen (secondary N) is 1. The van der Waals surface area contributed by atoms with E-state index in [1.54, 1.807) is 11.3 Å². The SMILES string of the molecule is CNC(Cc1ccn(C2CCCC2)n1)c1cscc1C. The van der Waals surface area contributed by atoms with E-state index >= 15 is 0 Å². The second-order valence-corrected chi connectivity index (χ2v) is 6.52. The molecule has 3 rings (SSSR count). The number of rotatable bonds is 5. The molecule has 1 aliphatic rings. The fourth-order valence-corrected chi connectivity index (χ4v) is 4.07. The second-order valence-electron chi connectivity index (χ2n) is 5.78. The van der Waals surface area contributed by atoms with Crippen LogP contribution >= 0.6 is 11.3 Å². The summed E-state index contributed by atoms with van der Waals surface area (Å²) in [5.74, 6) is 0. The van der Waals surface area contributed by atoms with Gasteiger partial charge in [-0.25, -0.2) is 0 Å². The Balaban J connectivity index is 1.71. The zero-order valence-corrected chi connectivity index (χ0v) is 13.1. The Labute approximate surface area is 125 Å². The monoisotopic (exact) mass is 289 g/mol. The summed E-state index contributed by atoms with van der Waals surface area (Å²) in [6, 6.07) is 3.19. The Morgan fingerprint density at radius 3 is 2.85 bits per heavy atom. The zero-order valence-electron chi connectivity index (χ0n) is 12.3. The van der Waals surface area contributed by atoms with Gasteiger partial charge in [-0.2, -0.15) is 16.4 Å². The third-order valence-corrected chi connectivity index (χ3v) is 5.27. The van der Waals surface area contributed by atoms with Gasteiger partial charge in [-0.05, 0) is 54.8 Å². The molecule has 1 saturated carbocycles. The van der Waals surface area contributed by atoms with Crippen LogP contribution in [-0.4, -0.2) is 16.8 Å². The summed E-state index contributed by atoms with van der Waals surface area (Å²) in [5.41, 5.74) is 3.99. The van der Waals surface area contributed by atoms with Crippen molar-refractivity contribution < 1.29 is 0 Å². The maximum Gasteiger partial charge on any atom is 0.0643 e. The number of aryl methyl sites for hydroxylation is 1. The number of nitrogens with zero attached hydrogens (tertiary/aromatic N) is 2. The van der Waals surface area contributed by atoms with Crippen LogP contribution in [0.25, 0.3) is 0 Å². The smallest absolute Gasteiger partial charge is 0.0643 e. The molecule has 2 aromatic heterocycles. The molecule has 0 aliphatic heterocycles. The highest BCUT2D eigenvalue weighted by Gasteiger charge is 2.19. The Morgan fingerprint density at radius 1 is 1.40 bits per heavy atom. The summed E-state index contributed by atoms with van der Waals surface area (Å²) in [6.07, 6.45) is 8.42. The van der Waals surface area contributed by atoms with E-state index < -0.39 is 0 Å². The molecule has 0 spiro atoms. The van der Waals surface area contributed by atoms with Gasteiger partial charge in [0.2, 0.25) is 0 Å². The van der Waals surface area contributed by atoms with Crippen molar-refractivity contribution in [3.8, 4) is 0 Å². The Hall–Kier alpha value is -1.13. The molecule has 1 aliphatic carbocycles. The van der Waals surface area contributed by atoms with Crippen LogP contribution in [0.5, 0.6) is 0 Å². The van der Waals surface area contributed by atoms with Crippen LogP contribution in [0.4, 0.5) is 0 Å². The summed E-state index contributed by atoms with van der Waals surface area (Å²) in [6.45, 7) is 2.19. The lowest BCUT2D eigenvalue weighted by Crippen LogP contribution is -2.19. The Bertz CT molecular complexity index is 552. The quantitative estimate of drug-likeness (QED) is 0.905. The normalized spacial score (nSPS) is 17.7. The van der Waals surface area contributed by atoms with Gasteiger partial charge < -0.3 is 5.32 Å². The fourth-order valence-electron chi connectivity index (χ4n) is 3.16. The molecule has 0 amide bonds. The molecule has 3 nitrogen and oxygen atoms in total. The third-order valence-electron chi connectivity index (χ3n) is 4.39. The van der Waals surface area contributed by atoms with Gasteiger partial charge in [0.05, 0.1) is 11.7 Å². The summed E-state index contributed by atoms with van der Waals surface area (Å²) in [7, 11) is 2.04. The van der Waals surface area contributed by atoms with Crippen molar-refractivity contribution in [2.24, 2.45) is 0 Å². The molecular formula is C16H23N3S. The summed E-state index contributed by atoms with van der Waals surface area (Å²) in [4.78, 5) is 0. The van der Waals surface area contributed by atoms with E-state index in [0.29, 0.717) is 12.1 Å². The number of hydrogen-bond acceptors (Lipinski definition) is 3. The molecule has 0 saturated heterocycles. The molecule has 1 fully saturated rings. The maximum absolute atomic E-state index is 4.80. The van der Waals surface area contributed by atoms with Gasteiger partial charge in [-0.3, -0.25) is 4.68 Å². The van der Waals surface area contributed by atoms with Gasteiger partial charge in [0, 0.05) is 18.7 Å². The number of likely N-dealkylation sites (N-methyl/N-ethyl adjacent to an activating group) is 1. The summed E-state index contributed by atoms with van der Waals surface area (Å²) >= 11 is 1.78. The first kappa shape index (κ1) is 13.8. The molecule has 1 atom stereocenters. The van der Waals surface area contributed by atoms with Crippen LogP contribution in [0.3, 0.4) is 0 Å². The molecule has 1 N–H and O–H groups in total. The van der Waals surface area contributed by atoms with Gasteiger partial charge >= 0.3 is 0 Å². The predicted molar refractivity (Wildman–Crippen MR) is 84.3 cm³/mol. The van der Waals surface area contributed by atoms with Crippen LogP contribution < -0.4 is 5.32 Å². The molecule has 0 bridgehead atoms. The highest BCUT2D eigenvalue weighted by molar-refractivity contribution is 7.08. The van der Waals surface area contributed by atoms with Crippen LogP contribution in [0.2, 0.25) is 0 Å². The van der Waals surface area contributed by atoms with E-state index in [0.717, 1.165) is 6.42 Å². The fraction of sp³-hybridized carbons (Fsp3) is 0.562. The van der Waals surface area contributed by atoms with E-state index in [1.807, 2.05) is 7.05 Å². The summed E-state index contributed by atoms with van der Waals surface area (Å²) in [5, 5.41) is 12.7. The molecule has 4 heteroatoms. The van der Waals surface area contributed by atoms with Crippen molar-refractivity contribution in [3.63, 3.8) is 0 Å². The van der Waals surface area contributed by atoms with Crippen LogP contribution in [0, 0.1) is 6.92 Å². The zero-order chi connectivity index (χ0) is 13.9. The van der Waals surface area contributed by atoms with Crippen molar-refractivity contribution >= 4 is 11.3 Å². The minimum atomic E-state index is 0.369. The van der Waals surface area contributed by atoms with Crippen LogP contribution in [0.15, 0.2) is 23.0 Å². The van der Waals surface area contributed by atoms with Crippen LogP contribution in [-0.2, 0) is 6.42 Å². The molecule has 0 radical (unpaired) electrons. The van der Waals surface area contributed by atoms with E-state index in [-0.39, 0.29) is 0 Å². The minimum absolute atomic E-state index is 0.369. The van der Waals surface area contributed by atoms with Crippen molar-refractivity contribution in [1.29, 1.82) is 0 Å². The van der Waals surface area contributed by atoms with E-state index in [4.69, 9.17) is 5.10 Å². The Morgan fingerprint density at radius 2 is 2.20 bits per heavy atom. The molecule has 2 aromatic rings. The van der Waals surface area contributed by atoms with Crippen molar-refractivity contribution in [2.45, 2.75) is 51.1 Å². The largest absolute Gasteiger partial charge is 0.313 e. The number of aromatic nitrogens is 2. The van der Waals surface area contributed by atoms with Crippen molar-refractivity contribution in [3.05, 3.63) is 39.8 Å². The molecule has 108 valence electrons. The highest BCUT2D eigenvalue weighted by atomic mass is 32.1. The lowest BCUT2D eigenvalue weighted by atomic mass is 10.0. The van der Waals surface area contributed by atoms with Gasteiger partial charge in [-0.15, -0.1) is 0 Å². The van der Waals surface area contributed by atoms with Gasteiger partial charge in [0.25, 0.3) is 0 Å². The average molecular weight is 289 g/mol. The van der Waals surface area contributed by atoms with Crippen molar-refractivity contribution in [2.75, 3.05) is 7.05 Å². The average Bonchev–Trinajstić information content (AvgIpc) is 3.17. The minimum Gasteiger partial charge on any atom is -0.313 e. The first-order valence-electron chi connectivity index (χ1n) is 7.52. The lowest BCUT2D eigenvalue weighted by Gasteiger charge is -2.15. The van der Waals surface area contributed by atoms with Crippen LogP contribution in [0.1, 0.15) is 54.6 Å². The molecule has 20 heavy (non-hydrogen) atoms. The first-order chi connectivity index (χ1) is 9.78. The molecular weight excluding hydrogens is 266 g/mol. The van der Waals surface area contributed by atoms with Gasteiger partial charge in [0.15, 0.2) is 0 Å². The second kappa shape index (κ2) is 6.10. The summed E-state index contributed by atoms with van der Waals surface area (Å²) < 4.78 is 2.19. The van der Waals surface area contributed by atoms with E-state index in [1.165, 1.54) is 42.5 Å². The topological polar surface area (TPSA) is 29.9 Å². The third kappa shape index (κ3) is 2.81.